The quantitative estimate of drug-likeness (QED) is 0.365. The van der Waals surface area contributed by atoms with Crippen LogP contribution >= 0.6 is 11.6 Å². The summed E-state index contributed by atoms with van der Waals surface area (Å²) in [6.45, 7) is 1.46. The molecule has 3 N–H and O–H groups in total. The SMILES string of the molecule is CN1CCN(C)c2cccc(Nc3ncc(Cl)c(Nc4ccccc4CN[SH](=O)=O)n3)c2C1=O. The third-order valence-electron chi connectivity index (χ3n) is 5.44. The van der Waals surface area contributed by atoms with Crippen molar-refractivity contribution in [1.82, 2.24) is 19.6 Å². The number of carbonyl (C=O) groups is 1. The van der Waals surface area contributed by atoms with Crippen LogP contribution in [-0.2, 0) is 17.4 Å². The molecule has 2 heterocycles. The van der Waals surface area contributed by atoms with Crippen LogP contribution in [0.2, 0.25) is 5.02 Å². The fraction of sp³-hybridized carbons (Fsp3) is 0.227. The van der Waals surface area contributed by atoms with Crippen LogP contribution in [0.4, 0.5) is 28.8 Å². The minimum Gasteiger partial charge on any atom is -0.372 e. The van der Waals surface area contributed by atoms with Gasteiger partial charge in [0.25, 0.3) is 5.91 Å². The summed E-state index contributed by atoms with van der Waals surface area (Å²) in [5, 5.41) is 6.58. The van der Waals surface area contributed by atoms with Gasteiger partial charge in [-0.05, 0) is 23.8 Å². The van der Waals surface area contributed by atoms with Gasteiger partial charge in [0.05, 0.1) is 23.1 Å². The van der Waals surface area contributed by atoms with Crippen molar-refractivity contribution in [3.05, 3.63) is 64.8 Å². The average molecular weight is 502 g/mol. The van der Waals surface area contributed by atoms with E-state index in [1.165, 1.54) is 6.20 Å². The number of fused-ring (bicyclic) bond motifs is 1. The molecule has 0 spiro atoms. The molecule has 4 rings (SSSR count). The Morgan fingerprint density at radius 2 is 1.74 bits per heavy atom. The molecule has 10 nitrogen and oxygen atoms in total. The highest BCUT2D eigenvalue weighted by molar-refractivity contribution is 7.70. The number of amides is 1. The Bertz CT molecular complexity index is 1290. The lowest BCUT2D eigenvalue weighted by molar-refractivity contribution is 0.0806. The minimum atomic E-state index is -2.73. The summed E-state index contributed by atoms with van der Waals surface area (Å²) in [6.07, 6.45) is 1.45. The van der Waals surface area contributed by atoms with Crippen LogP contribution in [0.5, 0.6) is 0 Å². The van der Waals surface area contributed by atoms with Gasteiger partial charge in [0.2, 0.25) is 16.8 Å². The van der Waals surface area contributed by atoms with Crippen LogP contribution in [0.15, 0.2) is 48.7 Å². The predicted molar refractivity (Wildman–Crippen MR) is 134 cm³/mol. The molecular formula is C22H24ClN7O3S. The van der Waals surface area contributed by atoms with Crippen molar-refractivity contribution in [3.8, 4) is 0 Å². The zero-order valence-corrected chi connectivity index (χ0v) is 20.2. The zero-order valence-electron chi connectivity index (χ0n) is 18.6. The number of likely N-dealkylation sites (N-methyl/N-ethyl adjacent to an activating group) is 2. The number of halogens is 1. The lowest BCUT2D eigenvalue weighted by atomic mass is 10.1. The van der Waals surface area contributed by atoms with E-state index in [-0.39, 0.29) is 23.4 Å². The number of anilines is 5. The molecule has 0 saturated heterocycles. The zero-order chi connectivity index (χ0) is 24.2. The molecule has 1 aliphatic heterocycles. The van der Waals surface area contributed by atoms with E-state index < -0.39 is 10.9 Å². The van der Waals surface area contributed by atoms with Crippen LogP contribution in [0.1, 0.15) is 15.9 Å². The molecular weight excluding hydrogens is 478 g/mol. The van der Waals surface area contributed by atoms with Gasteiger partial charge in [-0.25, -0.2) is 18.1 Å². The number of thiol groups is 1. The van der Waals surface area contributed by atoms with E-state index >= 15 is 0 Å². The smallest absolute Gasteiger partial charge is 0.257 e. The number of aromatic nitrogens is 2. The molecule has 1 aliphatic rings. The van der Waals surface area contributed by atoms with Gasteiger partial charge in [-0.2, -0.15) is 4.98 Å². The molecule has 0 radical (unpaired) electrons. The summed E-state index contributed by atoms with van der Waals surface area (Å²) < 4.78 is 24.2. The van der Waals surface area contributed by atoms with E-state index in [1.54, 1.807) is 36.2 Å². The molecule has 0 atom stereocenters. The summed E-state index contributed by atoms with van der Waals surface area (Å²) in [7, 11) is 1.000. The lowest BCUT2D eigenvalue weighted by Crippen LogP contribution is -2.30. The number of hydrogen-bond acceptors (Lipinski definition) is 8. The van der Waals surface area contributed by atoms with Gasteiger partial charge in [-0.15, -0.1) is 0 Å². The molecule has 0 fully saturated rings. The highest BCUT2D eigenvalue weighted by atomic mass is 35.5. The Morgan fingerprint density at radius 1 is 1.00 bits per heavy atom. The molecule has 2 aromatic carbocycles. The molecule has 1 amide bonds. The highest BCUT2D eigenvalue weighted by Gasteiger charge is 2.25. The fourth-order valence-electron chi connectivity index (χ4n) is 3.61. The van der Waals surface area contributed by atoms with Gasteiger partial charge in [0, 0.05) is 39.4 Å². The summed E-state index contributed by atoms with van der Waals surface area (Å²) in [4.78, 5) is 25.5. The molecule has 0 bridgehead atoms. The second-order valence-electron chi connectivity index (χ2n) is 7.74. The normalized spacial score (nSPS) is 13.6. The minimum absolute atomic E-state index is 0.0899. The standard InChI is InChI=1S/C22H24ClN7O3S/c1-29-10-11-30(2)21(31)19-17(8-5-9-18(19)29)27-22-24-13-15(23)20(28-22)26-16-7-4-3-6-14(16)12-25-34(32)33/h3-9,13,34H,10-12H2,1-2H3,(H,25,32,33)(H2,24,26,27,28). The highest BCUT2D eigenvalue weighted by Crippen LogP contribution is 2.32. The summed E-state index contributed by atoms with van der Waals surface area (Å²) in [5.74, 6) is 0.495. The van der Waals surface area contributed by atoms with E-state index in [2.05, 4.69) is 25.3 Å². The van der Waals surface area contributed by atoms with E-state index in [4.69, 9.17) is 11.6 Å². The summed E-state index contributed by atoms with van der Waals surface area (Å²) >= 11 is 6.33. The first-order chi connectivity index (χ1) is 16.3. The van der Waals surface area contributed by atoms with E-state index in [9.17, 15) is 13.2 Å². The average Bonchev–Trinajstić information content (AvgIpc) is 2.93. The maximum atomic E-state index is 13.0. The lowest BCUT2D eigenvalue weighted by Gasteiger charge is -2.20. The van der Waals surface area contributed by atoms with Crippen LogP contribution in [0, 0.1) is 0 Å². The molecule has 0 unspecified atom stereocenters. The van der Waals surface area contributed by atoms with Crippen molar-refractivity contribution < 1.29 is 13.2 Å². The number of nitrogens with zero attached hydrogens (tertiary/aromatic N) is 4. The third-order valence-corrected chi connectivity index (χ3v) is 6.14. The van der Waals surface area contributed by atoms with Crippen molar-refractivity contribution in [2.75, 3.05) is 42.7 Å². The summed E-state index contributed by atoms with van der Waals surface area (Å²) in [6, 6.07) is 12.8. The first-order valence-corrected chi connectivity index (χ1v) is 12.0. The van der Waals surface area contributed by atoms with Gasteiger partial charge < -0.3 is 20.4 Å². The number of nitrogens with one attached hydrogen (secondary N) is 3. The molecule has 0 aliphatic carbocycles. The third kappa shape index (κ3) is 5.22. The second-order valence-corrected chi connectivity index (χ2v) is 8.97. The van der Waals surface area contributed by atoms with Crippen molar-refractivity contribution in [2.24, 2.45) is 0 Å². The summed E-state index contributed by atoms with van der Waals surface area (Å²) in [5.41, 5.74) is 3.31. The largest absolute Gasteiger partial charge is 0.372 e. The van der Waals surface area contributed by atoms with Crippen molar-refractivity contribution >= 4 is 57.2 Å². The Balaban J connectivity index is 1.64. The topological polar surface area (TPSA) is 120 Å². The Kier molecular flexibility index (Phi) is 7.15. The van der Waals surface area contributed by atoms with E-state index in [0.717, 1.165) is 17.8 Å². The second kappa shape index (κ2) is 10.2. The molecule has 34 heavy (non-hydrogen) atoms. The van der Waals surface area contributed by atoms with Crippen molar-refractivity contribution in [2.45, 2.75) is 6.54 Å². The maximum Gasteiger partial charge on any atom is 0.257 e. The van der Waals surface area contributed by atoms with E-state index in [0.29, 0.717) is 29.3 Å². The van der Waals surface area contributed by atoms with Gasteiger partial charge in [-0.1, -0.05) is 35.9 Å². The van der Waals surface area contributed by atoms with Crippen molar-refractivity contribution in [1.29, 1.82) is 0 Å². The number of para-hydroxylation sites is 1. The predicted octanol–water partition coefficient (Wildman–Crippen LogP) is 2.76. The maximum absolute atomic E-state index is 13.0. The Morgan fingerprint density at radius 3 is 2.53 bits per heavy atom. The molecule has 178 valence electrons. The van der Waals surface area contributed by atoms with Gasteiger partial charge >= 0.3 is 0 Å². The first-order valence-electron chi connectivity index (χ1n) is 10.5. The van der Waals surface area contributed by atoms with Gasteiger partial charge in [0.15, 0.2) is 5.82 Å². The Labute approximate surface area is 204 Å². The number of rotatable bonds is 7. The first kappa shape index (κ1) is 23.7. The molecule has 0 saturated carbocycles. The monoisotopic (exact) mass is 501 g/mol. The van der Waals surface area contributed by atoms with Gasteiger partial charge in [-0.3, -0.25) is 4.79 Å². The number of hydrogen-bond donors (Lipinski definition) is 4. The van der Waals surface area contributed by atoms with Crippen LogP contribution in [-0.4, -0.2) is 56.4 Å². The molecule has 1 aromatic heterocycles. The Hall–Kier alpha value is -3.41. The van der Waals surface area contributed by atoms with E-state index in [1.807, 2.05) is 30.1 Å². The number of benzene rings is 2. The van der Waals surface area contributed by atoms with Crippen LogP contribution in [0.25, 0.3) is 0 Å². The fourth-order valence-corrected chi connectivity index (χ4v) is 4.05. The molecule has 12 heteroatoms. The van der Waals surface area contributed by atoms with Crippen LogP contribution < -0.4 is 20.3 Å². The van der Waals surface area contributed by atoms with Crippen LogP contribution in [0.3, 0.4) is 0 Å². The van der Waals surface area contributed by atoms with Crippen molar-refractivity contribution in [3.63, 3.8) is 0 Å². The van der Waals surface area contributed by atoms with Gasteiger partial charge in [0.1, 0.15) is 5.02 Å². The molecule has 3 aromatic rings. The number of carbonyl (C=O) groups excluding carboxylic acids is 1.